The van der Waals surface area contributed by atoms with Gasteiger partial charge in [-0.1, -0.05) is 17.7 Å². The van der Waals surface area contributed by atoms with E-state index in [-0.39, 0.29) is 23.8 Å². The number of likely N-dealkylation sites (tertiary alicyclic amines) is 1. The molecule has 3 rings (SSSR count). The van der Waals surface area contributed by atoms with E-state index in [1.165, 1.54) is 12.1 Å². The summed E-state index contributed by atoms with van der Waals surface area (Å²) in [6.45, 7) is 4.17. The van der Waals surface area contributed by atoms with Crippen LogP contribution in [0.2, 0.25) is 5.02 Å². The van der Waals surface area contributed by atoms with Crippen molar-refractivity contribution in [3.8, 4) is 0 Å². The van der Waals surface area contributed by atoms with E-state index in [0.29, 0.717) is 31.3 Å². The first-order valence-corrected chi connectivity index (χ1v) is 8.77. The summed E-state index contributed by atoms with van der Waals surface area (Å²) >= 11 is 6.11. The van der Waals surface area contributed by atoms with E-state index in [0.717, 1.165) is 31.5 Å². The molecule has 0 aromatic heterocycles. The summed E-state index contributed by atoms with van der Waals surface area (Å²) in [5, 5.41) is 6.73. The fourth-order valence-corrected chi connectivity index (χ4v) is 3.47. The number of nitrogens with zero attached hydrogens (tertiary/aromatic N) is 1. The number of carbonyl (C=O) groups excluding carboxylic acids is 1. The molecule has 1 amide bonds. The van der Waals surface area contributed by atoms with E-state index >= 15 is 0 Å². The molecule has 2 unspecified atom stereocenters. The van der Waals surface area contributed by atoms with Crippen molar-refractivity contribution in [2.45, 2.75) is 31.5 Å². The Hall–Kier alpha value is -1.21. The van der Waals surface area contributed by atoms with Gasteiger partial charge in [-0.15, -0.1) is 0 Å². The number of nitrogens with one attached hydrogen (secondary N) is 2. The molecule has 0 radical (unpaired) electrons. The maximum absolute atomic E-state index is 13.1. The lowest BCUT2D eigenvalue weighted by Gasteiger charge is -2.34. The number of ether oxygens (including phenoxy) is 1. The van der Waals surface area contributed by atoms with E-state index in [1.54, 1.807) is 6.07 Å². The number of piperidine rings is 1. The topological polar surface area (TPSA) is 53.6 Å². The fraction of sp³-hybridized carbons (Fsp3) is 0.588. The molecule has 132 valence electrons. The zero-order valence-electron chi connectivity index (χ0n) is 13.6. The fourth-order valence-electron chi connectivity index (χ4n) is 3.24. The molecule has 24 heavy (non-hydrogen) atoms. The maximum Gasteiger partial charge on any atom is 0.239 e. The monoisotopic (exact) mass is 355 g/mol. The molecule has 0 bridgehead atoms. The second-order valence-corrected chi connectivity index (χ2v) is 6.81. The van der Waals surface area contributed by atoms with Crippen molar-refractivity contribution < 1.29 is 13.9 Å². The van der Waals surface area contributed by atoms with Gasteiger partial charge in [0.05, 0.1) is 13.2 Å². The molecule has 2 heterocycles. The Morgan fingerprint density at radius 1 is 1.50 bits per heavy atom. The predicted octanol–water partition coefficient (Wildman–Crippen LogP) is 1.55. The first kappa shape index (κ1) is 17.6. The SMILES string of the molecule is O=C(NC1CCCN(Cc2ccc(F)cc2Cl)C1)C1COCCN1. The van der Waals surface area contributed by atoms with E-state index in [9.17, 15) is 9.18 Å². The zero-order valence-corrected chi connectivity index (χ0v) is 14.3. The molecule has 7 heteroatoms. The van der Waals surface area contributed by atoms with Gasteiger partial charge in [0.2, 0.25) is 5.91 Å². The number of benzene rings is 1. The lowest BCUT2D eigenvalue weighted by Crippen LogP contribution is -2.56. The van der Waals surface area contributed by atoms with Crippen molar-refractivity contribution in [1.29, 1.82) is 0 Å². The quantitative estimate of drug-likeness (QED) is 0.860. The summed E-state index contributed by atoms with van der Waals surface area (Å²) in [4.78, 5) is 14.5. The van der Waals surface area contributed by atoms with Gasteiger partial charge in [-0.25, -0.2) is 4.39 Å². The van der Waals surface area contributed by atoms with E-state index in [1.807, 2.05) is 0 Å². The molecule has 1 aromatic rings. The summed E-state index contributed by atoms with van der Waals surface area (Å²) in [7, 11) is 0. The van der Waals surface area contributed by atoms with E-state index < -0.39 is 0 Å². The Morgan fingerprint density at radius 3 is 3.12 bits per heavy atom. The van der Waals surface area contributed by atoms with Gasteiger partial charge in [-0.2, -0.15) is 0 Å². The van der Waals surface area contributed by atoms with Gasteiger partial charge in [0.25, 0.3) is 0 Å². The van der Waals surface area contributed by atoms with Gasteiger partial charge >= 0.3 is 0 Å². The Bertz CT molecular complexity index is 581. The third kappa shape index (κ3) is 4.66. The second kappa shape index (κ2) is 8.25. The van der Waals surface area contributed by atoms with Crippen LogP contribution in [-0.2, 0) is 16.1 Å². The Morgan fingerprint density at radius 2 is 2.38 bits per heavy atom. The molecule has 2 aliphatic rings. The normalized spacial score (nSPS) is 25.4. The van der Waals surface area contributed by atoms with Crippen molar-refractivity contribution in [1.82, 2.24) is 15.5 Å². The highest BCUT2D eigenvalue weighted by molar-refractivity contribution is 6.31. The average molecular weight is 356 g/mol. The van der Waals surface area contributed by atoms with Gasteiger partial charge in [0, 0.05) is 30.7 Å². The number of halogens is 2. The van der Waals surface area contributed by atoms with Crippen LogP contribution in [0, 0.1) is 5.82 Å². The molecular formula is C17H23ClFN3O2. The molecule has 5 nitrogen and oxygen atoms in total. The van der Waals surface area contributed by atoms with Crippen molar-refractivity contribution in [2.24, 2.45) is 0 Å². The number of rotatable bonds is 4. The molecule has 0 aliphatic carbocycles. The van der Waals surface area contributed by atoms with Gasteiger partial charge in [-0.05, 0) is 37.1 Å². The third-order valence-corrected chi connectivity index (χ3v) is 4.85. The maximum atomic E-state index is 13.1. The van der Waals surface area contributed by atoms with Gasteiger partial charge in [-0.3, -0.25) is 9.69 Å². The Balaban J connectivity index is 1.53. The number of hydrogen-bond acceptors (Lipinski definition) is 4. The molecule has 0 spiro atoms. The van der Waals surface area contributed by atoms with E-state index in [4.69, 9.17) is 16.3 Å². The molecule has 0 saturated carbocycles. The minimum Gasteiger partial charge on any atom is -0.378 e. The standard InChI is InChI=1S/C17H23ClFN3O2/c18-15-8-13(19)4-3-12(15)9-22-6-1-2-14(10-22)21-17(23)16-11-24-7-5-20-16/h3-4,8,14,16,20H,1-2,5-7,9-11H2,(H,21,23). The van der Waals surface area contributed by atoms with Crippen LogP contribution in [0.5, 0.6) is 0 Å². The molecule has 2 atom stereocenters. The van der Waals surface area contributed by atoms with Crippen LogP contribution in [0.15, 0.2) is 18.2 Å². The van der Waals surface area contributed by atoms with Crippen LogP contribution in [-0.4, -0.2) is 55.7 Å². The van der Waals surface area contributed by atoms with Crippen LogP contribution in [0.1, 0.15) is 18.4 Å². The van der Waals surface area contributed by atoms with Crippen LogP contribution >= 0.6 is 11.6 Å². The third-order valence-electron chi connectivity index (χ3n) is 4.50. The number of carbonyl (C=O) groups is 1. The highest BCUT2D eigenvalue weighted by Gasteiger charge is 2.26. The Labute approximate surface area is 146 Å². The van der Waals surface area contributed by atoms with Gasteiger partial charge in [0.15, 0.2) is 0 Å². The Kier molecular flexibility index (Phi) is 6.05. The van der Waals surface area contributed by atoms with Crippen molar-refractivity contribution in [3.05, 3.63) is 34.6 Å². The number of amides is 1. The van der Waals surface area contributed by atoms with Crippen LogP contribution in [0.3, 0.4) is 0 Å². The largest absolute Gasteiger partial charge is 0.378 e. The minimum absolute atomic E-state index is 0.00126. The van der Waals surface area contributed by atoms with Crippen molar-refractivity contribution in [3.63, 3.8) is 0 Å². The zero-order chi connectivity index (χ0) is 16.9. The molecule has 1 aromatic carbocycles. The summed E-state index contributed by atoms with van der Waals surface area (Å²) in [6.07, 6.45) is 1.98. The molecule has 2 saturated heterocycles. The molecular weight excluding hydrogens is 333 g/mol. The predicted molar refractivity (Wildman–Crippen MR) is 90.5 cm³/mol. The summed E-state index contributed by atoms with van der Waals surface area (Å²) in [6, 6.07) is 4.35. The first-order valence-electron chi connectivity index (χ1n) is 8.39. The summed E-state index contributed by atoms with van der Waals surface area (Å²) in [5.74, 6) is -0.323. The van der Waals surface area contributed by atoms with Crippen molar-refractivity contribution in [2.75, 3.05) is 32.8 Å². The molecule has 2 aliphatic heterocycles. The highest BCUT2D eigenvalue weighted by atomic mass is 35.5. The van der Waals surface area contributed by atoms with Crippen LogP contribution in [0.25, 0.3) is 0 Å². The van der Waals surface area contributed by atoms with Crippen LogP contribution < -0.4 is 10.6 Å². The highest BCUT2D eigenvalue weighted by Crippen LogP contribution is 2.21. The van der Waals surface area contributed by atoms with Gasteiger partial charge < -0.3 is 15.4 Å². The first-order chi connectivity index (χ1) is 11.6. The average Bonchev–Trinajstić information content (AvgIpc) is 2.58. The second-order valence-electron chi connectivity index (χ2n) is 6.40. The molecule has 2 fully saturated rings. The van der Waals surface area contributed by atoms with Crippen molar-refractivity contribution >= 4 is 17.5 Å². The van der Waals surface area contributed by atoms with Crippen LogP contribution in [0.4, 0.5) is 4.39 Å². The smallest absolute Gasteiger partial charge is 0.239 e. The van der Waals surface area contributed by atoms with Gasteiger partial charge in [0.1, 0.15) is 11.9 Å². The number of hydrogen-bond donors (Lipinski definition) is 2. The van der Waals surface area contributed by atoms with E-state index in [2.05, 4.69) is 15.5 Å². The molecule has 2 N–H and O–H groups in total. The minimum atomic E-state index is -0.324. The summed E-state index contributed by atoms with van der Waals surface area (Å²) < 4.78 is 18.5. The number of morpholine rings is 1. The summed E-state index contributed by atoms with van der Waals surface area (Å²) in [5.41, 5.74) is 0.910. The lowest BCUT2D eigenvalue weighted by atomic mass is 10.0. The lowest BCUT2D eigenvalue weighted by molar-refractivity contribution is -0.127.